The molecule has 3 heteroatoms. The van der Waals surface area contributed by atoms with Crippen molar-refractivity contribution < 1.29 is 15.3 Å². The van der Waals surface area contributed by atoms with Gasteiger partial charge in [-0.2, -0.15) is 0 Å². The summed E-state index contributed by atoms with van der Waals surface area (Å²) >= 11 is 0. The Morgan fingerprint density at radius 2 is 1.93 bits per heavy atom. The van der Waals surface area contributed by atoms with Gasteiger partial charge in [0.25, 0.3) is 0 Å². The Balaban J connectivity index is 3.06. The molecule has 0 heterocycles. The SMILES string of the molecule is CC(C)(C)C1(CO)C=CC(O)=C(CO)C1. The first-order chi connectivity index (χ1) is 6.86. The summed E-state index contributed by atoms with van der Waals surface area (Å²) in [6.07, 6.45) is 3.93. The van der Waals surface area contributed by atoms with Gasteiger partial charge in [-0.1, -0.05) is 26.8 Å². The molecule has 86 valence electrons. The minimum absolute atomic E-state index is 0.0176. The quantitative estimate of drug-likeness (QED) is 0.654. The van der Waals surface area contributed by atoms with E-state index in [0.29, 0.717) is 12.0 Å². The van der Waals surface area contributed by atoms with Crippen LogP contribution in [0.4, 0.5) is 0 Å². The second-order valence-electron chi connectivity index (χ2n) is 5.22. The Morgan fingerprint density at radius 1 is 1.33 bits per heavy atom. The second kappa shape index (κ2) is 3.99. The van der Waals surface area contributed by atoms with E-state index in [1.165, 1.54) is 0 Å². The molecule has 0 fully saturated rings. The highest BCUT2D eigenvalue weighted by molar-refractivity contribution is 5.30. The van der Waals surface area contributed by atoms with Crippen LogP contribution in [0, 0.1) is 10.8 Å². The van der Waals surface area contributed by atoms with Crippen LogP contribution in [0.3, 0.4) is 0 Å². The Bertz CT molecular complexity index is 296. The monoisotopic (exact) mass is 212 g/mol. The lowest BCUT2D eigenvalue weighted by atomic mass is 9.62. The number of aliphatic hydroxyl groups is 3. The summed E-state index contributed by atoms with van der Waals surface area (Å²) in [7, 11) is 0. The third-order valence-electron chi connectivity index (χ3n) is 3.42. The maximum absolute atomic E-state index is 9.54. The van der Waals surface area contributed by atoms with Gasteiger partial charge in [0.05, 0.1) is 13.2 Å². The first-order valence-electron chi connectivity index (χ1n) is 5.18. The molecule has 0 aromatic heterocycles. The van der Waals surface area contributed by atoms with Gasteiger partial charge in [0, 0.05) is 5.41 Å². The summed E-state index contributed by atoms with van der Waals surface area (Å²) < 4.78 is 0. The fourth-order valence-electron chi connectivity index (χ4n) is 1.88. The molecule has 1 aliphatic carbocycles. The predicted octanol–water partition coefficient (Wildman–Crippen LogP) is 1.78. The molecule has 1 atom stereocenters. The molecular weight excluding hydrogens is 192 g/mol. The summed E-state index contributed by atoms with van der Waals surface area (Å²) in [6.45, 7) is 6.00. The van der Waals surface area contributed by atoms with Crippen molar-refractivity contribution in [3.05, 3.63) is 23.5 Å². The van der Waals surface area contributed by atoms with Crippen molar-refractivity contribution in [3.63, 3.8) is 0 Å². The standard InChI is InChI=1S/C12H20O3/c1-11(2,3)12(8-14)5-4-10(15)9(6-12)7-13/h4-5,13-15H,6-8H2,1-3H3. The van der Waals surface area contributed by atoms with Crippen molar-refractivity contribution in [2.75, 3.05) is 13.2 Å². The predicted molar refractivity (Wildman–Crippen MR) is 59.5 cm³/mol. The van der Waals surface area contributed by atoms with E-state index < -0.39 is 5.41 Å². The number of aliphatic hydroxyl groups excluding tert-OH is 3. The van der Waals surface area contributed by atoms with E-state index in [1.54, 1.807) is 6.08 Å². The molecule has 0 aromatic rings. The average Bonchev–Trinajstić information content (AvgIpc) is 2.17. The third kappa shape index (κ3) is 2.08. The first-order valence-corrected chi connectivity index (χ1v) is 5.18. The minimum Gasteiger partial charge on any atom is -0.508 e. The maximum Gasteiger partial charge on any atom is 0.116 e. The van der Waals surface area contributed by atoms with Gasteiger partial charge < -0.3 is 15.3 Å². The second-order valence-corrected chi connectivity index (χ2v) is 5.22. The molecule has 1 aliphatic rings. The maximum atomic E-state index is 9.54. The molecule has 0 saturated heterocycles. The van der Waals surface area contributed by atoms with Crippen molar-refractivity contribution >= 4 is 0 Å². The zero-order chi connectivity index (χ0) is 11.7. The number of rotatable bonds is 2. The van der Waals surface area contributed by atoms with Crippen molar-refractivity contribution in [1.29, 1.82) is 0 Å². The van der Waals surface area contributed by atoms with Crippen molar-refractivity contribution in [2.45, 2.75) is 27.2 Å². The largest absolute Gasteiger partial charge is 0.508 e. The van der Waals surface area contributed by atoms with E-state index in [-0.39, 0.29) is 24.4 Å². The number of allylic oxidation sites excluding steroid dienone is 1. The van der Waals surface area contributed by atoms with Crippen LogP contribution in [0.5, 0.6) is 0 Å². The van der Waals surface area contributed by atoms with Gasteiger partial charge in [-0.15, -0.1) is 0 Å². The fourth-order valence-corrected chi connectivity index (χ4v) is 1.88. The van der Waals surface area contributed by atoms with Gasteiger partial charge in [0.15, 0.2) is 0 Å². The average molecular weight is 212 g/mol. The zero-order valence-corrected chi connectivity index (χ0v) is 9.62. The lowest BCUT2D eigenvalue weighted by Gasteiger charge is -2.43. The third-order valence-corrected chi connectivity index (χ3v) is 3.42. The van der Waals surface area contributed by atoms with Crippen LogP contribution in [0.25, 0.3) is 0 Å². The Labute approximate surface area is 90.8 Å². The zero-order valence-electron chi connectivity index (χ0n) is 9.62. The van der Waals surface area contributed by atoms with Crippen LogP contribution in [-0.4, -0.2) is 28.5 Å². The summed E-state index contributed by atoms with van der Waals surface area (Å²) in [5.74, 6) is 0.130. The Hall–Kier alpha value is -0.800. The molecule has 1 unspecified atom stereocenters. The van der Waals surface area contributed by atoms with Gasteiger partial charge >= 0.3 is 0 Å². The molecular formula is C12H20O3. The van der Waals surface area contributed by atoms with Gasteiger partial charge in [-0.05, 0) is 23.5 Å². The van der Waals surface area contributed by atoms with Crippen LogP contribution < -0.4 is 0 Å². The van der Waals surface area contributed by atoms with E-state index in [0.717, 1.165) is 0 Å². The first kappa shape index (κ1) is 12.3. The van der Waals surface area contributed by atoms with Crippen LogP contribution in [0.1, 0.15) is 27.2 Å². The van der Waals surface area contributed by atoms with Crippen molar-refractivity contribution in [1.82, 2.24) is 0 Å². The van der Waals surface area contributed by atoms with E-state index in [4.69, 9.17) is 5.11 Å². The van der Waals surface area contributed by atoms with E-state index in [2.05, 4.69) is 0 Å². The Kier molecular flexibility index (Phi) is 3.26. The molecule has 0 radical (unpaired) electrons. The molecule has 3 nitrogen and oxygen atoms in total. The van der Waals surface area contributed by atoms with Gasteiger partial charge in [-0.25, -0.2) is 0 Å². The van der Waals surface area contributed by atoms with Crippen LogP contribution in [0.15, 0.2) is 23.5 Å². The molecule has 15 heavy (non-hydrogen) atoms. The lowest BCUT2D eigenvalue weighted by molar-refractivity contribution is 0.0543. The topological polar surface area (TPSA) is 60.7 Å². The summed E-state index contributed by atoms with van der Waals surface area (Å²) in [5.41, 5.74) is 0.0953. The molecule has 0 bridgehead atoms. The molecule has 0 saturated carbocycles. The fraction of sp³-hybridized carbons (Fsp3) is 0.667. The van der Waals surface area contributed by atoms with Crippen LogP contribution in [-0.2, 0) is 0 Å². The molecule has 0 aromatic carbocycles. The summed E-state index contributed by atoms with van der Waals surface area (Å²) in [6, 6.07) is 0. The molecule has 0 aliphatic heterocycles. The van der Waals surface area contributed by atoms with Gasteiger partial charge in [0.2, 0.25) is 0 Å². The molecule has 0 spiro atoms. The minimum atomic E-state index is -0.392. The highest BCUT2D eigenvalue weighted by Crippen LogP contribution is 2.46. The lowest BCUT2D eigenvalue weighted by Crippen LogP contribution is -2.39. The van der Waals surface area contributed by atoms with E-state index >= 15 is 0 Å². The molecule has 0 amide bonds. The van der Waals surface area contributed by atoms with E-state index in [9.17, 15) is 10.2 Å². The van der Waals surface area contributed by atoms with Crippen LogP contribution >= 0.6 is 0 Å². The van der Waals surface area contributed by atoms with Gasteiger partial charge in [-0.3, -0.25) is 0 Å². The molecule has 3 N–H and O–H groups in total. The highest BCUT2D eigenvalue weighted by atomic mass is 16.3. The highest BCUT2D eigenvalue weighted by Gasteiger charge is 2.41. The summed E-state index contributed by atoms with van der Waals surface area (Å²) in [4.78, 5) is 0. The number of hydrogen-bond donors (Lipinski definition) is 3. The smallest absolute Gasteiger partial charge is 0.116 e. The van der Waals surface area contributed by atoms with E-state index in [1.807, 2.05) is 26.8 Å². The van der Waals surface area contributed by atoms with Crippen molar-refractivity contribution in [2.24, 2.45) is 10.8 Å². The Morgan fingerprint density at radius 3 is 2.33 bits per heavy atom. The van der Waals surface area contributed by atoms with Crippen LogP contribution in [0.2, 0.25) is 0 Å². The van der Waals surface area contributed by atoms with Gasteiger partial charge in [0.1, 0.15) is 5.76 Å². The number of hydrogen-bond acceptors (Lipinski definition) is 3. The normalized spacial score (nSPS) is 27.3. The molecule has 1 rings (SSSR count). The van der Waals surface area contributed by atoms with Crippen molar-refractivity contribution in [3.8, 4) is 0 Å². The summed E-state index contributed by atoms with van der Waals surface area (Å²) in [5, 5.41) is 28.2.